The van der Waals surface area contributed by atoms with Gasteiger partial charge in [0.1, 0.15) is 5.75 Å². The molecule has 3 rings (SSSR count). The molecule has 0 radical (unpaired) electrons. The van der Waals surface area contributed by atoms with Crippen LogP contribution in [-0.2, 0) is 4.74 Å². The molecule has 0 bridgehead atoms. The van der Waals surface area contributed by atoms with E-state index in [1.807, 2.05) is 6.07 Å². The molecule has 4 nitrogen and oxygen atoms in total. The molecule has 0 atom stereocenters. The topological polar surface area (TPSA) is 43.4 Å². The zero-order valence-corrected chi connectivity index (χ0v) is 13.0. The van der Waals surface area contributed by atoms with Crippen LogP contribution in [0.1, 0.15) is 44.1 Å². The number of nitrogens with one attached hydrogen (secondary N) is 1. The van der Waals surface area contributed by atoms with Crippen LogP contribution in [-0.4, -0.2) is 36.4 Å². The fraction of sp³-hybridized carbons (Fsp3) is 0.611. The molecule has 1 saturated heterocycles. The van der Waals surface area contributed by atoms with Gasteiger partial charge in [-0.25, -0.2) is 0 Å². The Morgan fingerprint density at radius 1 is 1.05 bits per heavy atom. The predicted molar refractivity (Wildman–Crippen MR) is 85.8 cm³/mol. The first-order chi connectivity index (χ1) is 10.8. The largest absolute Gasteiger partial charge is 0.489 e. The average molecular weight is 300 g/mol. The fourth-order valence-electron chi connectivity index (χ4n) is 3.26. The third-order valence-corrected chi connectivity index (χ3v) is 4.52. The van der Waals surface area contributed by atoms with Gasteiger partial charge in [-0.05, 0) is 57.7 Å². The Morgan fingerprint density at radius 3 is 2.45 bits per heavy atom. The van der Waals surface area contributed by atoms with Gasteiger partial charge in [-0.3, -0.25) is 4.98 Å². The Bertz CT molecular complexity index is 512. The SMILES string of the molecule is C#Cc1cnccc1OC1CCC(OC2CCNCC2)CC1. The molecule has 0 spiro atoms. The molecule has 118 valence electrons. The van der Waals surface area contributed by atoms with E-state index in [9.17, 15) is 0 Å². The van der Waals surface area contributed by atoms with Gasteiger partial charge >= 0.3 is 0 Å². The first kappa shape index (κ1) is 15.3. The summed E-state index contributed by atoms with van der Waals surface area (Å²) in [6, 6.07) is 1.85. The number of pyridine rings is 1. The highest BCUT2D eigenvalue weighted by Gasteiger charge is 2.26. The number of piperidine rings is 1. The van der Waals surface area contributed by atoms with Crippen molar-refractivity contribution in [1.82, 2.24) is 10.3 Å². The van der Waals surface area contributed by atoms with E-state index in [2.05, 4.69) is 16.2 Å². The lowest BCUT2D eigenvalue weighted by molar-refractivity contribution is -0.0548. The maximum Gasteiger partial charge on any atom is 0.138 e. The van der Waals surface area contributed by atoms with Gasteiger partial charge in [-0.2, -0.15) is 0 Å². The monoisotopic (exact) mass is 300 g/mol. The van der Waals surface area contributed by atoms with Gasteiger partial charge in [0.25, 0.3) is 0 Å². The molecular formula is C18H24N2O2. The van der Waals surface area contributed by atoms with Crippen molar-refractivity contribution in [2.45, 2.75) is 56.8 Å². The van der Waals surface area contributed by atoms with E-state index in [-0.39, 0.29) is 6.10 Å². The molecule has 22 heavy (non-hydrogen) atoms. The molecule has 0 amide bonds. The van der Waals surface area contributed by atoms with Crippen molar-refractivity contribution in [1.29, 1.82) is 0 Å². The summed E-state index contributed by atoms with van der Waals surface area (Å²) in [5, 5.41) is 3.38. The Labute approximate surface area is 132 Å². The van der Waals surface area contributed by atoms with Gasteiger partial charge in [-0.1, -0.05) is 5.92 Å². The summed E-state index contributed by atoms with van der Waals surface area (Å²) >= 11 is 0. The van der Waals surface area contributed by atoms with Crippen molar-refractivity contribution in [3.63, 3.8) is 0 Å². The minimum atomic E-state index is 0.238. The predicted octanol–water partition coefficient (Wildman–Crippen LogP) is 2.52. The molecule has 1 N–H and O–H groups in total. The van der Waals surface area contributed by atoms with E-state index >= 15 is 0 Å². The number of nitrogens with zero attached hydrogens (tertiary/aromatic N) is 1. The first-order valence-corrected chi connectivity index (χ1v) is 8.28. The van der Waals surface area contributed by atoms with Crippen molar-refractivity contribution in [3.8, 4) is 18.1 Å². The molecule has 2 aliphatic rings. The zero-order chi connectivity index (χ0) is 15.2. The lowest BCUT2D eigenvalue weighted by atomic mass is 9.94. The standard InChI is InChI=1S/C18H24N2O2/c1-2-14-13-20-12-9-18(14)22-16-5-3-15(4-6-16)21-17-7-10-19-11-8-17/h1,9,12-13,15-17,19H,3-8,10-11H2. The van der Waals surface area contributed by atoms with E-state index in [0.29, 0.717) is 12.2 Å². The Hall–Kier alpha value is -1.57. The van der Waals surface area contributed by atoms with Gasteiger partial charge in [0, 0.05) is 12.4 Å². The van der Waals surface area contributed by atoms with Crippen LogP contribution in [0, 0.1) is 12.3 Å². The van der Waals surface area contributed by atoms with Crippen LogP contribution in [0.15, 0.2) is 18.5 Å². The van der Waals surface area contributed by atoms with E-state index < -0.39 is 0 Å². The van der Waals surface area contributed by atoms with Crippen molar-refractivity contribution in [3.05, 3.63) is 24.0 Å². The van der Waals surface area contributed by atoms with Crippen LogP contribution in [0.4, 0.5) is 0 Å². The van der Waals surface area contributed by atoms with Gasteiger partial charge < -0.3 is 14.8 Å². The molecule has 1 aromatic heterocycles. The number of ether oxygens (including phenoxy) is 2. The number of terminal acetylenes is 1. The third-order valence-electron chi connectivity index (χ3n) is 4.52. The van der Waals surface area contributed by atoms with E-state index in [4.69, 9.17) is 15.9 Å². The van der Waals surface area contributed by atoms with Crippen molar-refractivity contribution in [2.75, 3.05) is 13.1 Å². The van der Waals surface area contributed by atoms with Crippen molar-refractivity contribution >= 4 is 0 Å². The number of rotatable bonds is 4. The van der Waals surface area contributed by atoms with E-state index in [0.717, 1.165) is 62.9 Å². The third kappa shape index (κ3) is 4.00. The molecule has 1 aliphatic heterocycles. The molecule has 1 aromatic rings. The summed E-state index contributed by atoms with van der Waals surface area (Å²) in [5.74, 6) is 3.41. The van der Waals surface area contributed by atoms with Gasteiger partial charge in [0.2, 0.25) is 0 Å². The summed E-state index contributed by atoms with van der Waals surface area (Å²) in [7, 11) is 0. The fourth-order valence-corrected chi connectivity index (χ4v) is 3.26. The smallest absolute Gasteiger partial charge is 0.138 e. The maximum absolute atomic E-state index is 6.24. The lowest BCUT2D eigenvalue weighted by Crippen LogP contribution is -2.37. The quantitative estimate of drug-likeness (QED) is 0.868. The molecule has 1 saturated carbocycles. The zero-order valence-electron chi connectivity index (χ0n) is 13.0. The molecule has 1 aliphatic carbocycles. The Kier molecular flexibility index (Phi) is 5.31. The first-order valence-electron chi connectivity index (χ1n) is 8.28. The van der Waals surface area contributed by atoms with Crippen LogP contribution in [0.25, 0.3) is 0 Å². The second-order valence-corrected chi connectivity index (χ2v) is 6.12. The highest BCUT2D eigenvalue weighted by Crippen LogP contribution is 2.28. The van der Waals surface area contributed by atoms with E-state index in [1.54, 1.807) is 12.4 Å². The molecule has 2 fully saturated rings. The molecule has 0 unspecified atom stereocenters. The highest BCUT2D eigenvalue weighted by atomic mass is 16.5. The molecular weight excluding hydrogens is 276 g/mol. The Morgan fingerprint density at radius 2 is 1.73 bits per heavy atom. The second kappa shape index (κ2) is 7.62. The number of aromatic nitrogens is 1. The lowest BCUT2D eigenvalue weighted by Gasteiger charge is -2.33. The Balaban J connectivity index is 1.46. The summed E-state index contributed by atoms with van der Waals surface area (Å²) in [6.07, 6.45) is 16.5. The summed E-state index contributed by atoms with van der Waals surface area (Å²) in [4.78, 5) is 4.04. The average Bonchev–Trinajstić information content (AvgIpc) is 2.58. The highest BCUT2D eigenvalue weighted by molar-refractivity contribution is 5.42. The van der Waals surface area contributed by atoms with Crippen LogP contribution in [0.5, 0.6) is 5.75 Å². The number of hydrogen-bond acceptors (Lipinski definition) is 4. The summed E-state index contributed by atoms with van der Waals surface area (Å²) in [6.45, 7) is 2.17. The maximum atomic E-state index is 6.24. The second-order valence-electron chi connectivity index (χ2n) is 6.12. The van der Waals surface area contributed by atoms with Gasteiger partial charge in [0.15, 0.2) is 0 Å². The molecule has 4 heteroatoms. The summed E-state index contributed by atoms with van der Waals surface area (Å²) < 4.78 is 12.3. The van der Waals surface area contributed by atoms with Crippen LogP contribution in [0.2, 0.25) is 0 Å². The summed E-state index contributed by atoms with van der Waals surface area (Å²) in [5.41, 5.74) is 0.732. The van der Waals surface area contributed by atoms with Gasteiger partial charge in [-0.15, -0.1) is 6.42 Å². The molecule has 2 heterocycles. The van der Waals surface area contributed by atoms with Crippen molar-refractivity contribution in [2.24, 2.45) is 0 Å². The van der Waals surface area contributed by atoms with Gasteiger partial charge in [0.05, 0.1) is 23.9 Å². The van der Waals surface area contributed by atoms with Crippen LogP contribution >= 0.6 is 0 Å². The van der Waals surface area contributed by atoms with E-state index in [1.165, 1.54) is 0 Å². The minimum absolute atomic E-state index is 0.238. The van der Waals surface area contributed by atoms with Crippen molar-refractivity contribution < 1.29 is 9.47 Å². The number of hydrogen-bond donors (Lipinski definition) is 1. The van der Waals surface area contributed by atoms with Crippen LogP contribution in [0.3, 0.4) is 0 Å². The van der Waals surface area contributed by atoms with Crippen LogP contribution < -0.4 is 10.1 Å². The normalized spacial score (nSPS) is 26.3. The molecule has 0 aromatic carbocycles. The minimum Gasteiger partial charge on any atom is -0.489 e.